The van der Waals surface area contributed by atoms with Gasteiger partial charge in [0.1, 0.15) is 5.75 Å². The third-order valence-electron chi connectivity index (χ3n) is 2.54. The molecule has 4 nitrogen and oxygen atoms in total. The molecule has 0 N–H and O–H groups in total. The number of carbonyl (C=O) groups is 1. The van der Waals surface area contributed by atoms with Crippen molar-refractivity contribution in [1.29, 1.82) is 0 Å². The van der Waals surface area contributed by atoms with E-state index in [4.69, 9.17) is 4.74 Å². The average molecular weight is 266 g/mol. The summed E-state index contributed by atoms with van der Waals surface area (Å²) in [5, 5.41) is 8.24. The van der Waals surface area contributed by atoms with Crippen molar-refractivity contribution in [2.24, 2.45) is 10.2 Å². The summed E-state index contributed by atoms with van der Waals surface area (Å²) in [6.45, 7) is 5.35. The van der Waals surface area contributed by atoms with Gasteiger partial charge in [0.25, 0.3) is 0 Å². The molecule has 0 atom stereocenters. The smallest absolute Gasteiger partial charge is 0.335 e. The van der Waals surface area contributed by atoms with Gasteiger partial charge >= 0.3 is 5.97 Å². The molecule has 0 bridgehead atoms. The predicted molar refractivity (Wildman–Crippen MR) is 77.6 cm³/mol. The van der Waals surface area contributed by atoms with E-state index in [2.05, 4.69) is 16.8 Å². The minimum absolute atomic E-state index is 0.448. The van der Waals surface area contributed by atoms with Gasteiger partial charge in [-0.3, -0.25) is 0 Å². The number of carbonyl (C=O) groups excluding carboxylic acids is 1. The SMILES string of the molecule is C=CC(=O)Oc1ccc(N=Nc2ccc(C)cc2)cc1. The first-order valence-corrected chi connectivity index (χ1v) is 6.10. The number of hydrogen-bond donors (Lipinski definition) is 0. The van der Waals surface area contributed by atoms with Gasteiger partial charge in [0.05, 0.1) is 11.4 Å². The number of aryl methyl sites for hydroxylation is 1. The summed E-state index contributed by atoms with van der Waals surface area (Å²) < 4.78 is 4.97. The van der Waals surface area contributed by atoms with Gasteiger partial charge in [-0.05, 0) is 43.3 Å². The minimum Gasteiger partial charge on any atom is -0.423 e. The molecule has 0 amide bonds. The summed E-state index contributed by atoms with van der Waals surface area (Å²) in [6.07, 6.45) is 1.12. The molecule has 0 aliphatic carbocycles. The van der Waals surface area contributed by atoms with Crippen LogP contribution in [0.3, 0.4) is 0 Å². The Morgan fingerprint density at radius 3 is 2.00 bits per heavy atom. The summed E-state index contributed by atoms with van der Waals surface area (Å²) in [5.74, 6) is -0.0387. The second-order valence-corrected chi connectivity index (χ2v) is 4.15. The Bertz CT molecular complexity index is 629. The van der Waals surface area contributed by atoms with Crippen LogP contribution in [0, 0.1) is 6.92 Å². The molecule has 2 aromatic rings. The maximum Gasteiger partial charge on any atom is 0.335 e. The molecule has 0 aromatic heterocycles. The van der Waals surface area contributed by atoms with E-state index in [0.717, 1.165) is 11.8 Å². The molecule has 2 rings (SSSR count). The third kappa shape index (κ3) is 3.88. The van der Waals surface area contributed by atoms with Crippen LogP contribution in [0.25, 0.3) is 0 Å². The van der Waals surface area contributed by atoms with Crippen LogP contribution in [0.2, 0.25) is 0 Å². The van der Waals surface area contributed by atoms with E-state index in [1.807, 2.05) is 31.2 Å². The van der Waals surface area contributed by atoms with Crippen LogP contribution in [-0.2, 0) is 4.79 Å². The molecule has 0 saturated heterocycles. The average Bonchev–Trinajstić information content (AvgIpc) is 2.48. The molecule has 20 heavy (non-hydrogen) atoms. The Labute approximate surface area is 117 Å². The molecule has 2 aromatic carbocycles. The highest BCUT2D eigenvalue weighted by molar-refractivity contribution is 5.83. The van der Waals surface area contributed by atoms with Crippen molar-refractivity contribution < 1.29 is 9.53 Å². The quantitative estimate of drug-likeness (QED) is 0.354. The second-order valence-electron chi connectivity index (χ2n) is 4.15. The van der Waals surface area contributed by atoms with E-state index in [1.165, 1.54) is 5.56 Å². The zero-order valence-electron chi connectivity index (χ0n) is 11.1. The van der Waals surface area contributed by atoms with Crippen molar-refractivity contribution in [2.45, 2.75) is 6.92 Å². The van der Waals surface area contributed by atoms with E-state index >= 15 is 0 Å². The van der Waals surface area contributed by atoms with Crippen LogP contribution in [0.1, 0.15) is 5.56 Å². The standard InChI is InChI=1S/C16H14N2O2/c1-3-16(19)20-15-10-8-14(9-11-15)18-17-13-6-4-12(2)5-7-13/h3-11H,1H2,2H3. The van der Waals surface area contributed by atoms with Crippen LogP contribution in [0.15, 0.2) is 71.4 Å². The van der Waals surface area contributed by atoms with Crippen LogP contribution in [0.5, 0.6) is 5.75 Å². The fourth-order valence-electron chi connectivity index (χ4n) is 1.47. The lowest BCUT2D eigenvalue weighted by atomic mass is 10.2. The number of benzene rings is 2. The van der Waals surface area contributed by atoms with Gasteiger partial charge in [-0.15, -0.1) is 0 Å². The first kappa shape index (κ1) is 13.7. The largest absolute Gasteiger partial charge is 0.423 e. The van der Waals surface area contributed by atoms with Gasteiger partial charge in [0.2, 0.25) is 0 Å². The number of nitrogens with zero attached hydrogens (tertiary/aromatic N) is 2. The maximum atomic E-state index is 11.0. The Hall–Kier alpha value is -2.75. The van der Waals surface area contributed by atoms with Gasteiger partial charge in [-0.25, -0.2) is 4.79 Å². The maximum absolute atomic E-state index is 11.0. The molecule has 0 heterocycles. The van der Waals surface area contributed by atoms with Crippen molar-refractivity contribution in [3.05, 3.63) is 66.7 Å². The Morgan fingerprint density at radius 2 is 1.50 bits per heavy atom. The molecule has 0 saturated carbocycles. The Balaban J connectivity index is 2.05. The summed E-state index contributed by atoms with van der Waals surface area (Å²) in [5.41, 5.74) is 2.65. The first-order chi connectivity index (χ1) is 9.67. The van der Waals surface area contributed by atoms with E-state index in [9.17, 15) is 4.79 Å². The van der Waals surface area contributed by atoms with Crippen molar-refractivity contribution in [1.82, 2.24) is 0 Å². The normalized spacial score (nSPS) is 10.4. The lowest BCUT2D eigenvalue weighted by Crippen LogP contribution is -2.02. The summed E-state index contributed by atoms with van der Waals surface area (Å²) in [7, 11) is 0. The Kier molecular flexibility index (Phi) is 4.39. The summed E-state index contributed by atoms with van der Waals surface area (Å²) >= 11 is 0. The summed E-state index contributed by atoms with van der Waals surface area (Å²) in [4.78, 5) is 11.0. The van der Waals surface area contributed by atoms with Crippen molar-refractivity contribution in [2.75, 3.05) is 0 Å². The third-order valence-corrected chi connectivity index (χ3v) is 2.54. The topological polar surface area (TPSA) is 51.0 Å². The molecule has 0 radical (unpaired) electrons. The predicted octanol–water partition coefficient (Wildman–Crippen LogP) is 4.50. The number of ether oxygens (including phenoxy) is 1. The monoisotopic (exact) mass is 266 g/mol. The molecule has 0 aliphatic rings. The lowest BCUT2D eigenvalue weighted by Gasteiger charge is -2.00. The highest BCUT2D eigenvalue weighted by Crippen LogP contribution is 2.21. The lowest BCUT2D eigenvalue weighted by molar-refractivity contribution is -0.128. The first-order valence-electron chi connectivity index (χ1n) is 6.10. The van der Waals surface area contributed by atoms with Crippen molar-refractivity contribution in [3.8, 4) is 5.75 Å². The molecule has 100 valence electrons. The fraction of sp³-hybridized carbons (Fsp3) is 0.0625. The molecule has 4 heteroatoms. The fourth-order valence-corrected chi connectivity index (χ4v) is 1.47. The highest BCUT2D eigenvalue weighted by Gasteiger charge is 1.99. The van der Waals surface area contributed by atoms with E-state index in [0.29, 0.717) is 11.4 Å². The van der Waals surface area contributed by atoms with Crippen molar-refractivity contribution in [3.63, 3.8) is 0 Å². The van der Waals surface area contributed by atoms with E-state index < -0.39 is 5.97 Å². The van der Waals surface area contributed by atoms with Gasteiger partial charge in [-0.1, -0.05) is 24.3 Å². The molecule has 0 unspecified atom stereocenters. The molecule has 0 aliphatic heterocycles. The Morgan fingerprint density at radius 1 is 1.00 bits per heavy atom. The zero-order valence-corrected chi connectivity index (χ0v) is 11.1. The zero-order chi connectivity index (χ0) is 14.4. The summed E-state index contributed by atoms with van der Waals surface area (Å²) in [6, 6.07) is 14.5. The van der Waals surface area contributed by atoms with Gasteiger partial charge < -0.3 is 4.74 Å². The van der Waals surface area contributed by atoms with Gasteiger partial charge in [-0.2, -0.15) is 10.2 Å². The number of azo groups is 1. The second kappa shape index (κ2) is 6.43. The van der Waals surface area contributed by atoms with Gasteiger partial charge in [0, 0.05) is 6.08 Å². The minimum atomic E-state index is -0.487. The number of esters is 1. The van der Waals surface area contributed by atoms with Gasteiger partial charge in [0.15, 0.2) is 0 Å². The van der Waals surface area contributed by atoms with Crippen LogP contribution in [0.4, 0.5) is 11.4 Å². The van der Waals surface area contributed by atoms with E-state index in [1.54, 1.807) is 24.3 Å². The van der Waals surface area contributed by atoms with Crippen LogP contribution in [-0.4, -0.2) is 5.97 Å². The highest BCUT2D eigenvalue weighted by atomic mass is 16.5. The van der Waals surface area contributed by atoms with Crippen LogP contribution >= 0.6 is 0 Å². The molecular weight excluding hydrogens is 252 g/mol. The van der Waals surface area contributed by atoms with Crippen LogP contribution < -0.4 is 4.74 Å². The van der Waals surface area contributed by atoms with E-state index in [-0.39, 0.29) is 0 Å². The molecule has 0 fully saturated rings. The van der Waals surface area contributed by atoms with Crippen molar-refractivity contribution >= 4 is 17.3 Å². The number of hydrogen-bond acceptors (Lipinski definition) is 4. The molecule has 0 spiro atoms. The number of rotatable bonds is 4. The molecular formula is C16H14N2O2.